The normalized spacial score (nSPS) is 11.6. The Labute approximate surface area is 405 Å². The maximum atomic E-state index is 15.9. The summed E-state index contributed by atoms with van der Waals surface area (Å²) in [5, 5.41) is 3.12. The molecule has 0 unspecified atom stereocenters. The van der Waals surface area contributed by atoms with Crippen LogP contribution < -0.4 is 9.80 Å². The highest BCUT2D eigenvalue weighted by Gasteiger charge is 2.23. The minimum absolute atomic E-state index is 0.0809. The number of fused-ring (bicyclic) bond motifs is 6. The van der Waals surface area contributed by atoms with Crippen molar-refractivity contribution in [3.05, 3.63) is 253 Å². The lowest BCUT2D eigenvalue weighted by Gasteiger charge is -2.27. The Kier molecular flexibility index (Phi) is 10.6. The summed E-state index contributed by atoms with van der Waals surface area (Å²) in [4.78, 5) is 3.35. The quantitative estimate of drug-likeness (QED) is 0.134. The van der Waals surface area contributed by atoms with Crippen molar-refractivity contribution < 1.29 is 35.1 Å². The molecule has 0 saturated carbocycles. The summed E-state index contributed by atoms with van der Waals surface area (Å²) in [5.41, 5.74) is 7.58. The molecule has 12 heteroatoms. The summed E-state index contributed by atoms with van der Waals surface area (Å²) in [6.45, 7) is 0. The first kappa shape index (κ1) is 44.1. The van der Waals surface area contributed by atoms with E-state index in [1.165, 1.54) is 36.4 Å². The van der Waals surface area contributed by atoms with Crippen LogP contribution in [0.4, 0.5) is 69.2 Å². The van der Waals surface area contributed by atoms with Gasteiger partial charge in [-0.2, -0.15) is 0 Å². The van der Waals surface area contributed by atoms with Gasteiger partial charge < -0.3 is 18.9 Å². The van der Waals surface area contributed by atoms with Gasteiger partial charge in [0, 0.05) is 79.9 Å². The van der Waals surface area contributed by atoms with Gasteiger partial charge in [-0.05, 0) is 132 Å². The third kappa shape index (κ3) is 7.46. The summed E-state index contributed by atoms with van der Waals surface area (Å²) in [7, 11) is 0. The Morgan fingerprint density at radius 1 is 0.264 bits per heavy atom. The minimum Gasteiger partial charge on any atom is -0.309 e. The molecular weight excluding hydrogens is 929 g/mol. The Hall–Kier alpha value is -9.16. The molecule has 0 saturated heterocycles. The molecule has 0 amide bonds. The fourth-order valence-electron chi connectivity index (χ4n) is 9.79. The fourth-order valence-corrected chi connectivity index (χ4v) is 9.79. The Balaban J connectivity index is 0.925. The Morgan fingerprint density at radius 2 is 0.639 bits per heavy atom. The monoisotopic (exact) mass is 962 g/mol. The van der Waals surface area contributed by atoms with Crippen molar-refractivity contribution in [3.8, 4) is 22.5 Å². The Morgan fingerprint density at radius 3 is 1.03 bits per heavy atom. The van der Waals surface area contributed by atoms with Crippen molar-refractivity contribution in [3.63, 3.8) is 0 Å². The first-order chi connectivity index (χ1) is 35.0. The molecule has 0 N–H and O–H groups in total. The zero-order valence-corrected chi connectivity index (χ0v) is 37.4. The maximum absolute atomic E-state index is 15.9. The molecule has 2 aromatic heterocycles. The molecule has 0 aliphatic rings. The van der Waals surface area contributed by atoms with E-state index in [9.17, 15) is 26.3 Å². The molecule has 350 valence electrons. The number of rotatable bonds is 9. The molecular formula is C60H34F8N4. The molecule has 0 spiro atoms. The molecule has 0 aliphatic heterocycles. The van der Waals surface area contributed by atoms with Gasteiger partial charge in [0.2, 0.25) is 0 Å². The predicted octanol–water partition coefficient (Wildman–Crippen LogP) is 17.6. The number of aromatic nitrogens is 2. The van der Waals surface area contributed by atoms with Crippen LogP contribution in [0.3, 0.4) is 0 Å². The molecule has 0 atom stereocenters. The molecule has 10 aromatic carbocycles. The number of para-hydroxylation sites is 2. The predicted molar refractivity (Wildman–Crippen MR) is 270 cm³/mol. The van der Waals surface area contributed by atoms with E-state index >= 15 is 8.78 Å². The second-order valence-electron chi connectivity index (χ2n) is 17.3. The smallest absolute Gasteiger partial charge is 0.160 e. The van der Waals surface area contributed by atoms with Crippen molar-refractivity contribution in [2.75, 3.05) is 9.80 Å². The van der Waals surface area contributed by atoms with Crippen LogP contribution in [0.2, 0.25) is 0 Å². The third-order valence-electron chi connectivity index (χ3n) is 13.0. The van der Waals surface area contributed by atoms with Crippen LogP contribution in [0.15, 0.2) is 206 Å². The minimum atomic E-state index is -0.990. The van der Waals surface area contributed by atoms with Gasteiger partial charge in [0.15, 0.2) is 23.3 Å². The molecule has 4 nitrogen and oxygen atoms in total. The van der Waals surface area contributed by atoms with Crippen LogP contribution in [-0.4, -0.2) is 9.13 Å². The van der Waals surface area contributed by atoms with Gasteiger partial charge >= 0.3 is 0 Å². The Bertz CT molecular complexity index is 3840. The second kappa shape index (κ2) is 17.4. The van der Waals surface area contributed by atoms with Crippen molar-refractivity contribution >= 4 is 77.7 Å². The van der Waals surface area contributed by atoms with Crippen LogP contribution >= 0.6 is 0 Å². The summed E-state index contributed by atoms with van der Waals surface area (Å²) < 4.78 is 121. The van der Waals surface area contributed by atoms with Gasteiger partial charge in [-0.25, -0.2) is 35.1 Å². The van der Waals surface area contributed by atoms with Gasteiger partial charge in [-0.1, -0.05) is 60.7 Å². The molecule has 0 bridgehead atoms. The SMILES string of the molecule is Fc1ccc(N(c2ccc(-c3ccc(N(c4ccc5c(c4)c4ccccc4n5-c4ccc(F)c(F)c4)c4ccc(F)cc4F)cc3)cc2)c2ccc3c(c2)c2ccccc2n3-c2ccc(F)c(F)c2)c(F)c1. The molecule has 12 aromatic rings. The lowest BCUT2D eigenvalue weighted by Crippen LogP contribution is -2.12. The number of hydrogen-bond acceptors (Lipinski definition) is 2. The van der Waals surface area contributed by atoms with E-state index < -0.39 is 46.5 Å². The van der Waals surface area contributed by atoms with Crippen LogP contribution in [0.1, 0.15) is 0 Å². The fraction of sp³-hybridized carbons (Fsp3) is 0. The lowest BCUT2D eigenvalue weighted by atomic mass is 10.0. The van der Waals surface area contributed by atoms with Gasteiger partial charge in [0.25, 0.3) is 0 Å². The van der Waals surface area contributed by atoms with E-state index in [2.05, 4.69) is 0 Å². The summed E-state index contributed by atoms with van der Waals surface area (Å²) in [6.07, 6.45) is 0. The molecule has 0 radical (unpaired) electrons. The zero-order valence-electron chi connectivity index (χ0n) is 37.4. The summed E-state index contributed by atoms with van der Waals surface area (Å²) in [6, 6.07) is 54.8. The van der Waals surface area contributed by atoms with E-state index in [4.69, 9.17) is 0 Å². The lowest BCUT2D eigenvalue weighted by molar-refractivity contribution is 0.508. The zero-order chi connectivity index (χ0) is 49.4. The summed E-state index contributed by atoms with van der Waals surface area (Å²) in [5.74, 6) is -6.99. The van der Waals surface area contributed by atoms with Gasteiger partial charge in [0.05, 0.1) is 33.4 Å². The van der Waals surface area contributed by atoms with Gasteiger partial charge in [0.1, 0.15) is 23.3 Å². The average Bonchev–Trinajstić information content (AvgIpc) is 3.90. The highest BCUT2D eigenvalue weighted by Crippen LogP contribution is 2.44. The number of hydrogen-bond donors (Lipinski definition) is 0. The number of anilines is 6. The van der Waals surface area contributed by atoms with Crippen LogP contribution in [-0.2, 0) is 0 Å². The van der Waals surface area contributed by atoms with Crippen molar-refractivity contribution in [1.29, 1.82) is 0 Å². The third-order valence-corrected chi connectivity index (χ3v) is 13.0. The van der Waals surface area contributed by atoms with Gasteiger partial charge in [-0.3, -0.25) is 0 Å². The van der Waals surface area contributed by atoms with Crippen molar-refractivity contribution in [2.45, 2.75) is 0 Å². The van der Waals surface area contributed by atoms with Gasteiger partial charge in [-0.15, -0.1) is 0 Å². The average molecular weight is 963 g/mol. The molecule has 12 rings (SSSR count). The van der Waals surface area contributed by atoms with E-state index in [0.717, 1.165) is 80.1 Å². The first-order valence-electron chi connectivity index (χ1n) is 22.7. The number of nitrogens with zero attached hydrogens (tertiary/aromatic N) is 4. The standard InChI is InChI=1S/C60H34F8N4/c61-37-13-25-59(53(67)29-37)69(41-21-27-57-47(31-41)45-5-1-3-7-55(45)71(57)43-19-23-49(63)51(65)33-43)39-15-9-35(10-16-39)36-11-17-40(18-12-36)70(60-26-14-38(62)30-54(60)68)42-22-28-58-48(32-42)46-6-2-4-8-56(46)72(58)44-20-24-50(64)52(66)34-44/h1-34H. The molecule has 0 aliphatic carbocycles. The van der Waals surface area contributed by atoms with Crippen LogP contribution in [0.5, 0.6) is 0 Å². The second-order valence-corrected chi connectivity index (χ2v) is 17.3. The first-order valence-corrected chi connectivity index (χ1v) is 22.7. The van der Waals surface area contributed by atoms with E-state index in [1.54, 1.807) is 21.9 Å². The maximum Gasteiger partial charge on any atom is 0.160 e. The molecule has 72 heavy (non-hydrogen) atoms. The summed E-state index contributed by atoms with van der Waals surface area (Å²) >= 11 is 0. The van der Waals surface area contributed by atoms with E-state index in [1.807, 2.05) is 130 Å². The molecule has 2 heterocycles. The van der Waals surface area contributed by atoms with Crippen LogP contribution in [0, 0.1) is 46.5 Å². The highest BCUT2D eigenvalue weighted by atomic mass is 19.2. The molecule has 0 fully saturated rings. The van der Waals surface area contributed by atoms with Crippen molar-refractivity contribution in [1.82, 2.24) is 9.13 Å². The van der Waals surface area contributed by atoms with Crippen molar-refractivity contribution in [2.24, 2.45) is 0 Å². The topological polar surface area (TPSA) is 16.3 Å². The van der Waals surface area contributed by atoms with E-state index in [0.29, 0.717) is 45.2 Å². The largest absolute Gasteiger partial charge is 0.309 e. The number of benzene rings is 10. The highest BCUT2D eigenvalue weighted by molar-refractivity contribution is 6.12. The van der Waals surface area contributed by atoms with E-state index in [-0.39, 0.29) is 11.4 Å². The number of halogens is 8. The van der Waals surface area contributed by atoms with Crippen LogP contribution in [0.25, 0.3) is 66.1 Å².